The molecule has 23 heavy (non-hydrogen) atoms. The third-order valence-corrected chi connectivity index (χ3v) is 3.65. The van der Waals surface area contributed by atoms with Gasteiger partial charge in [-0.05, 0) is 53.7 Å². The molecule has 0 aliphatic rings. The van der Waals surface area contributed by atoms with Crippen LogP contribution in [0.5, 0.6) is 0 Å². The van der Waals surface area contributed by atoms with Gasteiger partial charge in [-0.2, -0.15) is 0 Å². The van der Waals surface area contributed by atoms with Crippen LogP contribution in [0.15, 0.2) is 18.2 Å². The molecule has 0 heterocycles. The maximum absolute atomic E-state index is 12.4. The van der Waals surface area contributed by atoms with E-state index in [4.69, 9.17) is 27.9 Å². The summed E-state index contributed by atoms with van der Waals surface area (Å²) >= 11 is 12.3. The van der Waals surface area contributed by atoms with Crippen molar-refractivity contribution < 1.29 is 9.53 Å². The van der Waals surface area contributed by atoms with E-state index in [0.29, 0.717) is 28.8 Å². The SMILES string of the molecule is CC(C)(C)OC(=O)N(CCNc1c(Cl)cccc1Cl)C(C)(C)C. The van der Waals surface area contributed by atoms with Gasteiger partial charge in [-0.15, -0.1) is 0 Å². The van der Waals surface area contributed by atoms with Gasteiger partial charge in [0, 0.05) is 18.6 Å². The summed E-state index contributed by atoms with van der Waals surface area (Å²) < 4.78 is 5.48. The lowest BCUT2D eigenvalue weighted by atomic mass is 10.1. The number of para-hydroxylation sites is 1. The summed E-state index contributed by atoms with van der Waals surface area (Å²) in [5, 5.41) is 4.29. The molecule has 0 radical (unpaired) electrons. The Kier molecular flexibility index (Phi) is 6.60. The Balaban J connectivity index is 2.75. The minimum absolute atomic E-state index is 0.336. The van der Waals surface area contributed by atoms with Gasteiger partial charge in [0.1, 0.15) is 5.60 Å². The van der Waals surface area contributed by atoms with Gasteiger partial charge in [0.25, 0.3) is 0 Å². The fraction of sp³-hybridized carbons (Fsp3) is 0.588. The second-order valence-electron chi connectivity index (χ2n) is 7.33. The molecule has 0 fully saturated rings. The molecule has 1 rings (SSSR count). The van der Waals surface area contributed by atoms with Crippen molar-refractivity contribution in [2.75, 3.05) is 18.4 Å². The van der Waals surface area contributed by atoms with E-state index in [-0.39, 0.29) is 11.6 Å². The molecule has 0 aliphatic carbocycles. The van der Waals surface area contributed by atoms with Gasteiger partial charge in [0.2, 0.25) is 0 Å². The highest BCUT2D eigenvalue weighted by Gasteiger charge is 2.30. The lowest BCUT2D eigenvalue weighted by Crippen LogP contribution is -2.49. The van der Waals surface area contributed by atoms with Crippen LogP contribution in [0.2, 0.25) is 10.0 Å². The van der Waals surface area contributed by atoms with Gasteiger partial charge in [-0.25, -0.2) is 4.79 Å². The molecule has 0 spiro atoms. The molecule has 0 aromatic heterocycles. The average Bonchev–Trinajstić information content (AvgIpc) is 2.33. The monoisotopic (exact) mass is 360 g/mol. The molecule has 0 atom stereocenters. The maximum atomic E-state index is 12.4. The third-order valence-electron chi connectivity index (χ3n) is 3.02. The number of halogens is 2. The highest BCUT2D eigenvalue weighted by Crippen LogP contribution is 2.29. The summed E-state index contributed by atoms with van der Waals surface area (Å²) in [5.74, 6) is 0. The smallest absolute Gasteiger partial charge is 0.410 e. The van der Waals surface area contributed by atoms with Crippen LogP contribution < -0.4 is 5.32 Å². The maximum Gasteiger partial charge on any atom is 0.410 e. The minimum atomic E-state index is -0.528. The summed E-state index contributed by atoms with van der Waals surface area (Å²) in [7, 11) is 0. The van der Waals surface area contributed by atoms with Crippen molar-refractivity contribution in [3.8, 4) is 0 Å². The van der Waals surface area contributed by atoms with Gasteiger partial charge in [-0.3, -0.25) is 0 Å². The van der Waals surface area contributed by atoms with Gasteiger partial charge in [-0.1, -0.05) is 29.3 Å². The van der Waals surface area contributed by atoms with Crippen molar-refractivity contribution >= 4 is 35.0 Å². The largest absolute Gasteiger partial charge is 0.444 e. The molecule has 0 unspecified atom stereocenters. The van der Waals surface area contributed by atoms with E-state index in [1.165, 1.54) is 0 Å². The van der Waals surface area contributed by atoms with E-state index in [2.05, 4.69) is 5.32 Å². The normalized spacial score (nSPS) is 12.0. The van der Waals surface area contributed by atoms with Crippen LogP contribution >= 0.6 is 23.2 Å². The first kappa shape index (κ1) is 19.9. The zero-order valence-electron chi connectivity index (χ0n) is 14.7. The van der Waals surface area contributed by atoms with Crippen molar-refractivity contribution in [3.05, 3.63) is 28.2 Å². The fourth-order valence-electron chi connectivity index (χ4n) is 1.98. The standard InChI is InChI=1S/C17H26Cl2N2O2/c1-16(2,3)21(15(22)23-17(4,5)6)11-10-20-14-12(18)8-7-9-13(14)19/h7-9,20H,10-11H2,1-6H3. The first-order valence-corrected chi connectivity index (χ1v) is 8.36. The molecule has 0 aliphatic heterocycles. The zero-order valence-corrected chi connectivity index (χ0v) is 16.2. The number of ether oxygens (including phenoxy) is 1. The van der Waals surface area contributed by atoms with Crippen LogP contribution in [0.3, 0.4) is 0 Å². The van der Waals surface area contributed by atoms with Crippen molar-refractivity contribution in [1.82, 2.24) is 4.90 Å². The minimum Gasteiger partial charge on any atom is -0.444 e. The molecule has 1 amide bonds. The second-order valence-corrected chi connectivity index (χ2v) is 8.14. The molecule has 6 heteroatoms. The lowest BCUT2D eigenvalue weighted by molar-refractivity contribution is 0.00749. The quantitative estimate of drug-likeness (QED) is 0.776. The predicted molar refractivity (Wildman–Crippen MR) is 97.6 cm³/mol. The molecule has 0 saturated carbocycles. The number of benzene rings is 1. The van der Waals surface area contributed by atoms with Crippen molar-refractivity contribution in [2.24, 2.45) is 0 Å². The van der Waals surface area contributed by atoms with E-state index >= 15 is 0 Å². The Labute approximate surface area is 149 Å². The highest BCUT2D eigenvalue weighted by atomic mass is 35.5. The summed E-state index contributed by atoms with van der Waals surface area (Å²) in [5.41, 5.74) is -0.206. The zero-order chi connectivity index (χ0) is 17.8. The van der Waals surface area contributed by atoms with Crippen molar-refractivity contribution in [3.63, 3.8) is 0 Å². The fourth-order valence-corrected chi connectivity index (χ4v) is 2.51. The summed E-state index contributed by atoms with van der Waals surface area (Å²) in [6.45, 7) is 12.5. The van der Waals surface area contributed by atoms with Crippen molar-refractivity contribution in [2.45, 2.75) is 52.7 Å². The number of nitrogens with one attached hydrogen (secondary N) is 1. The molecule has 0 saturated heterocycles. The predicted octanol–water partition coefficient (Wildman–Crippen LogP) is 5.44. The number of carbonyl (C=O) groups is 1. The number of anilines is 1. The van der Waals surface area contributed by atoms with E-state index in [1.54, 1.807) is 23.1 Å². The van der Waals surface area contributed by atoms with Gasteiger partial charge < -0.3 is 15.0 Å². The van der Waals surface area contributed by atoms with Gasteiger partial charge in [0.05, 0.1) is 15.7 Å². The lowest BCUT2D eigenvalue weighted by Gasteiger charge is -2.37. The number of rotatable bonds is 4. The van der Waals surface area contributed by atoms with Crippen molar-refractivity contribution in [1.29, 1.82) is 0 Å². The van der Waals surface area contributed by atoms with Crippen LogP contribution in [0.1, 0.15) is 41.5 Å². The third kappa shape index (κ3) is 6.48. The Hall–Kier alpha value is -1.13. The Morgan fingerprint density at radius 3 is 2.09 bits per heavy atom. The summed E-state index contributed by atoms with van der Waals surface area (Å²) in [6.07, 6.45) is -0.336. The Morgan fingerprint density at radius 1 is 1.13 bits per heavy atom. The highest BCUT2D eigenvalue weighted by molar-refractivity contribution is 6.39. The number of carbonyl (C=O) groups excluding carboxylic acids is 1. The van der Waals surface area contributed by atoms with Gasteiger partial charge in [0.15, 0.2) is 0 Å². The number of hydrogen-bond donors (Lipinski definition) is 1. The molecule has 0 bridgehead atoms. The summed E-state index contributed by atoms with van der Waals surface area (Å²) in [4.78, 5) is 14.1. The van der Waals surface area contributed by atoms with E-state index in [0.717, 1.165) is 0 Å². The van der Waals surface area contributed by atoms with Crippen LogP contribution in [-0.4, -0.2) is 35.2 Å². The van der Waals surface area contributed by atoms with Gasteiger partial charge >= 0.3 is 6.09 Å². The molecular formula is C17H26Cl2N2O2. The molecular weight excluding hydrogens is 335 g/mol. The van der Waals surface area contributed by atoms with Crippen LogP contribution in [-0.2, 0) is 4.74 Å². The number of amides is 1. The van der Waals surface area contributed by atoms with E-state index in [1.807, 2.05) is 41.5 Å². The number of nitrogens with zero attached hydrogens (tertiary/aromatic N) is 1. The van der Waals surface area contributed by atoms with E-state index < -0.39 is 5.60 Å². The first-order chi connectivity index (χ1) is 10.4. The van der Waals surface area contributed by atoms with E-state index in [9.17, 15) is 4.79 Å². The first-order valence-electron chi connectivity index (χ1n) is 7.60. The number of hydrogen-bond acceptors (Lipinski definition) is 3. The Morgan fingerprint density at radius 2 is 1.65 bits per heavy atom. The molecule has 1 N–H and O–H groups in total. The molecule has 1 aromatic rings. The topological polar surface area (TPSA) is 41.6 Å². The van der Waals surface area contributed by atoms with Crippen LogP contribution in [0.4, 0.5) is 10.5 Å². The van der Waals surface area contributed by atoms with Crippen LogP contribution in [0.25, 0.3) is 0 Å². The molecule has 1 aromatic carbocycles. The second kappa shape index (κ2) is 7.63. The van der Waals surface area contributed by atoms with Crippen LogP contribution in [0, 0.1) is 0 Å². The summed E-state index contributed by atoms with van der Waals surface area (Å²) in [6, 6.07) is 5.33. The average molecular weight is 361 g/mol. The molecule has 4 nitrogen and oxygen atoms in total. The molecule has 130 valence electrons. The Bertz CT molecular complexity index is 528.